The molecule has 0 bridgehead atoms. The van der Waals surface area contributed by atoms with Gasteiger partial charge in [-0.05, 0) is 40.0 Å². The zero-order valence-electron chi connectivity index (χ0n) is 10.1. The third-order valence-electron chi connectivity index (χ3n) is 2.61. The van der Waals surface area contributed by atoms with Crippen molar-refractivity contribution in [2.24, 2.45) is 0 Å². The van der Waals surface area contributed by atoms with Crippen molar-refractivity contribution in [3.05, 3.63) is 58.2 Å². The molecule has 0 aliphatic rings. The van der Waals surface area contributed by atoms with Crippen LogP contribution in [-0.2, 0) is 6.54 Å². The molecule has 0 amide bonds. The molecule has 0 N–H and O–H groups in total. The molecule has 0 saturated heterocycles. The normalized spacial score (nSPS) is 9.83. The van der Waals surface area contributed by atoms with Gasteiger partial charge < -0.3 is 0 Å². The Kier molecular flexibility index (Phi) is 4.01. The number of benzene rings is 1. The molecule has 0 fully saturated rings. The fourth-order valence-corrected chi connectivity index (χ4v) is 2.21. The smallest absolute Gasteiger partial charge is 0.143 e. The van der Waals surface area contributed by atoms with Gasteiger partial charge >= 0.3 is 0 Å². The summed E-state index contributed by atoms with van der Waals surface area (Å²) in [5.41, 5.74) is 2.22. The topological polar surface area (TPSA) is 16.1 Å². The van der Waals surface area contributed by atoms with Gasteiger partial charge in [0.15, 0.2) is 0 Å². The molecule has 18 heavy (non-hydrogen) atoms. The summed E-state index contributed by atoms with van der Waals surface area (Å²) < 4.78 is 0.959. The first kappa shape index (κ1) is 12.7. The number of rotatable bonds is 3. The van der Waals surface area contributed by atoms with E-state index in [9.17, 15) is 0 Å². The molecule has 1 aromatic heterocycles. The lowest BCUT2D eigenvalue weighted by molar-refractivity contribution is 0.954. The van der Waals surface area contributed by atoms with Crippen molar-refractivity contribution < 1.29 is 0 Å². The van der Waals surface area contributed by atoms with E-state index in [-0.39, 0.29) is 0 Å². The molecular formula is C15H13BrN2. The van der Waals surface area contributed by atoms with E-state index < -0.39 is 0 Å². The van der Waals surface area contributed by atoms with E-state index in [1.54, 1.807) is 6.20 Å². The van der Waals surface area contributed by atoms with Crippen LogP contribution in [0.3, 0.4) is 0 Å². The number of aryl methyl sites for hydroxylation is 1. The molecule has 1 heterocycles. The molecule has 3 heteroatoms. The highest BCUT2D eigenvalue weighted by Gasteiger charge is 2.09. The zero-order valence-corrected chi connectivity index (χ0v) is 11.7. The first-order chi connectivity index (χ1) is 8.70. The summed E-state index contributed by atoms with van der Waals surface area (Å²) in [6.45, 7) is 2.66. The van der Waals surface area contributed by atoms with Crippen LogP contribution >= 0.6 is 15.9 Å². The van der Waals surface area contributed by atoms with Gasteiger partial charge in [-0.3, -0.25) is 4.90 Å². The molecule has 90 valence electrons. The minimum Gasteiger partial charge on any atom is -0.281 e. The highest BCUT2D eigenvalue weighted by molar-refractivity contribution is 9.10. The minimum atomic E-state index is 0.660. The fraction of sp³-hybridized carbons (Fsp3) is 0.133. The first-order valence-corrected chi connectivity index (χ1v) is 6.40. The second kappa shape index (κ2) is 5.70. The predicted molar refractivity (Wildman–Crippen MR) is 78.1 cm³/mol. The van der Waals surface area contributed by atoms with Crippen LogP contribution in [-0.4, -0.2) is 4.98 Å². The third kappa shape index (κ3) is 2.91. The average molecular weight is 301 g/mol. The average Bonchev–Trinajstić information content (AvgIpc) is 2.38. The van der Waals surface area contributed by atoms with Gasteiger partial charge in [-0.15, -0.1) is 0 Å². The van der Waals surface area contributed by atoms with Crippen LogP contribution in [0.1, 0.15) is 11.1 Å². The highest BCUT2D eigenvalue weighted by atomic mass is 79.9. The van der Waals surface area contributed by atoms with E-state index in [2.05, 4.69) is 39.1 Å². The Hall–Kier alpha value is -1.79. The summed E-state index contributed by atoms with van der Waals surface area (Å²) in [7, 11) is 0. The maximum atomic E-state index is 5.58. The van der Waals surface area contributed by atoms with Gasteiger partial charge in [-0.25, -0.2) is 4.98 Å². The van der Waals surface area contributed by atoms with Crippen molar-refractivity contribution in [1.29, 1.82) is 0 Å². The van der Waals surface area contributed by atoms with Gasteiger partial charge in [0, 0.05) is 16.7 Å². The standard InChI is InChI=1S/C15H13BrN2/c1-3-18(11-13-7-5-4-6-8-13)15-12(2)9-14(16)10-17-15/h1,4-10H,11H2,2H3. The number of anilines is 1. The van der Waals surface area contributed by atoms with Gasteiger partial charge in [0.2, 0.25) is 0 Å². The molecule has 0 aliphatic carbocycles. The Morgan fingerprint density at radius 1 is 1.33 bits per heavy atom. The van der Waals surface area contributed by atoms with E-state index in [4.69, 9.17) is 6.42 Å². The molecular weight excluding hydrogens is 288 g/mol. The predicted octanol–water partition coefficient (Wildman–Crippen LogP) is 3.75. The van der Waals surface area contributed by atoms with Crippen molar-refractivity contribution in [2.45, 2.75) is 13.5 Å². The first-order valence-electron chi connectivity index (χ1n) is 5.60. The summed E-state index contributed by atoms with van der Waals surface area (Å²) in [5.74, 6) is 0.824. The van der Waals surface area contributed by atoms with Crippen LogP contribution in [0.5, 0.6) is 0 Å². The molecule has 2 rings (SSSR count). The quantitative estimate of drug-likeness (QED) is 0.634. The van der Waals surface area contributed by atoms with E-state index in [0.29, 0.717) is 6.54 Å². The molecule has 0 saturated carbocycles. The van der Waals surface area contributed by atoms with Crippen molar-refractivity contribution in [1.82, 2.24) is 4.98 Å². The Morgan fingerprint density at radius 2 is 2.06 bits per heavy atom. The monoisotopic (exact) mass is 300 g/mol. The number of aromatic nitrogens is 1. The summed E-state index contributed by atoms with van der Waals surface area (Å²) in [5, 5.41) is 0. The Balaban J connectivity index is 2.27. The summed E-state index contributed by atoms with van der Waals surface area (Å²) >= 11 is 3.40. The number of pyridine rings is 1. The van der Waals surface area contributed by atoms with E-state index >= 15 is 0 Å². The molecule has 0 spiro atoms. The Morgan fingerprint density at radius 3 is 2.67 bits per heavy atom. The maximum Gasteiger partial charge on any atom is 0.143 e. The molecule has 2 nitrogen and oxygen atoms in total. The number of hydrogen-bond acceptors (Lipinski definition) is 2. The molecule has 0 aliphatic heterocycles. The third-order valence-corrected chi connectivity index (χ3v) is 3.05. The minimum absolute atomic E-state index is 0.660. The lowest BCUT2D eigenvalue weighted by Gasteiger charge is -2.18. The van der Waals surface area contributed by atoms with E-state index in [1.165, 1.54) is 5.56 Å². The summed E-state index contributed by atoms with van der Waals surface area (Å²) in [6, 6.07) is 14.8. The van der Waals surface area contributed by atoms with Gasteiger partial charge in [-0.1, -0.05) is 36.8 Å². The number of nitrogens with zero attached hydrogens (tertiary/aromatic N) is 2. The largest absolute Gasteiger partial charge is 0.281 e. The van der Waals surface area contributed by atoms with Crippen LogP contribution in [0, 0.1) is 19.4 Å². The SMILES string of the molecule is C#CN(Cc1ccccc1)c1ncc(Br)cc1C. The Labute approximate surface area is 116 Å². The van der Waals surface area contributed by atoms with Crippen LogP contribution < -0.4 is 4.90 Å². The molecule has 2 aromatic rings. The van der Waals surface area contributed by atoms with Crippen molar-refractivity contribution in [3.63, 3.8) is 0 Å². The van der Waals surface area contributed by atoms with Crippen molar-refractivity contribution in [3.8, 4) is 12.5 Å². The van der Waals surface area contributed by atoms with E-state index in [0.717, 1.165) is 15.9 Å². The van der Waals surface area contributed by atoms with Crippen LogP contribution in [0.2, 0.25) is 0 Å². The van der Waals surface area contributed by atoms with Crippen LogP contribution in [0.15, 0.2) is 47.1 Å². The summed E-state index contributed by atoms with van der Waals surface area (Å²) in [4.78, 5) is 6.20. The van der Waals surface area contributed by atoms with Crippen LogP contribution in [0.25, 0.3) is 0 Å². The number of terminal acetylenes is 1. The molecule has 0 unspecified atom stereocenters. The second-order valence-electron chi connectivity index (χ2n) is 3.99. The number of hydrogen-bond donors (Lipinski definition) is 0. The van der Waals surface area contributed by atoms with E-state index in [1.807, 2.05) is 36.1 Å². The van der Waals surface area contributed by atoms with Gasteiger partial charge in [0.05, 0.1) is 6.54 Å². The Bertz CT molecular complexity index is 573. The lowest BCUT2D eigenvalue weighted by Crippen LogP contribution is -2.18. The summed E-state index contributed by atoms with van der Waals surface area (Å²) in [6.07, 6.45) is 7.35. The maximum absolute atomic E-state index is 5.58. The number of halogens is 1. The molecule has 0 atom stereocenters. The van der Waals surface area contributed by atoms with Gasteiger partial charge in [0.25, 0.3) is 0 Å². The molecule has 0 radical (unpaired) electrons. The fourth-order valence-electron chi connectivity index (χ4n) is 1.76. The van der Waals surface area contributed by atoms with Crippen LogP contribution in [0.4, 0.5) is 5.82 Å². The van der Waals surface area contributed by atoms with Crippen molar-refractivity contribution in [2.75, 3.05) is 4.90 Å². The second-order valence-corrected chi connectivity index (χ2v) is 4.91. The van der Waals surface area contributed by atoms with Gasteiger partial charge in [-0.2, -0.15) is 0 Å². The van der Waals surface area contributed by atoms with Crippen molar-refractivity contribution >= 4 is 21.7 Å². The zero-order chi connectivity index (χ0) is 13.0. The van der Waals surface area contributed by atoms with Gasteiger partial charge in [0.1, 0.15) is 5.82 Å². The lowest BCUT2D eigenvalue weighted by atomic mass is 10.2. The molecule has 1 aromatic carbocycles. The highest BCUT2D eigenvalue weighted by Crippen LogP contribution is 2.21.